The number of ether oxygens (including phenoxy) is 2. The Morgan fingerprint density at radius 3 is 2.33 bits per heavy atom. The van der Waals surface area contributed by atoms with Crippen molar-refractivity contribution in [3.8, 4) is 34.1 Å². The number of hydrogen-bond donors (Lipinski definition) is 2. The highest BCUT2D eigenvalue weighted by molar-refractivity contribution is 6.33. The normalized spacial score (nSPS) is 17.9. The second-order valence-corrected chi connectivity index (χ2v) is 9.04. The minimum atomic E-state index is -0.124. The Morgan fingerprint density at radius 1 is 0.972 bits per heavy atom. The molecule has 3 aromatic heterocycles. The number of halogens is 1. The molecule has 0 unspecified atom stereocenters. The number of imidazole rings is 1. The lowest BCUT2D eigenvalue weighted by atomic mass is 10.0. The van der Waals surface area contributed by atoms with Crippen LogP contribution in [0.5, 0.6) is 6.01 Å². The fraction of sp³-hybridized carbons (Fsp3) is 0.231. The summed E-state index contributed by atoms with van der Waals surface area (Å²) in [6.45, 7) is 0.441. The smallest absolute Gasteiger partial charge is 0.296 e. The van der Waals surface area contributed by atoms with E-state index in [0.717, 1.165) is 35.2 Å². The van der Waals surface area contributed by atoms with Gasteiger partial charge >= 0.3 is 0 Å². The summed E-state index contributed by atoms with van der Waals surface area (Å²) in [5.74, 6) is 0. The molecule has 5 aromatic rings. The molecule has 2 N–H and O–H groups in total. The van der Waals surface area contributed by atoms with Gasteiger partial charge in [0, 0.05) is 5.56 Å². The predicted molar refractivity (Wildman–Crippen MR) is 135 cm³/mol. The maximum Gasteiger partial charge on any atom is 0.296 e. The number of aromatic nitrogens is 6. The van der Waals surface area contributed by atoms with Gasteiger partial charge in [0.1, 0.15) is 6.10 Å². The van der Waals surface area contributed by atoms with Crippen molar-refractivity contribution in [2.24, 2.45) is 0 Å². The van der Waals surface area contributed by atoms with Crippen LogP contribution in [-0.4, -0.2) is 60.5 Å². The van der Waals surface area contributed by atoms with Crippen LogP contribution in [0, 0.1) is 0 Å². The van der Waals surface area contributed by atoms with E-state index >= 15 is 0 Å². The van der Waals surface area contributed by atoms with Gasteiger partial charge in [0.2, 0.25) is 0 Å². The molecule has 9 nitrogen and oxygen atoms in total. The van der Waals surface area contributed by atoms with Crippen LogP contribution in [0.25, 0.3) is 39.2 Å². The lowest BCUT2D eigenvalue weighted by Gasteiger charge is -2.27. The second-order valence-electron chi connectivity index (χ2n) is 8.63. The van der Waals surface area contributed by atoms with Gasteiger partial charge in [-0.25, -0.2) is 4.98 Å². The summed E-state index contributed by atoms with van der Waals surface area (Å²) in [5, 5.41) is 18.1. The van der Waals surface area contributed by atoms with Crippen molar-refractivity contribution < 1.29 is 14.6 Å². The molecule has 0 bridgehead atoms. The summed E-state index contributed by atoms with van der Waals surface area (Å²) in [5.41, 5.74) is 5.83. The van der Waals surface area contributed by atoms with E-state index in [1.807, 2.05) is 54.6 Å². The molecule has 0 radical (unpaired) electrons. The Kier molecular flexibility index (Phi) is 6.10. The first-order chi connectivity index (χ1) is 17.7. The van der Waals surface area contributed by atoms with E-state index in [2.05, 4.69) is 20.2 Å². The van der Waals surface area contributed by atoms with E-state index in [4.69, 9.17) is 26.1 Å². The molecule has 1 aliphatic heterocycles. The second kappa shape index (κ2) is 9.69. The molecule has 182 valence electrons. The minimum Gasteiger partial charge on any atom is -0.459 e. The first-order valence-corrected chi connectivity index (χ1v) is 12.1. The van der Waals surface area contributed by atoms with Crippen LogP contribution in [-0.2, 0) is 4.74 Å². The number of aliphatic hydroxyl groups is 1. The van der Waals surface area contributed by atoms with Crippen molar-refractivity contribution in [2.45, 2.75) is 25.0 Å². The largest absolute Gasteiger partial charge is 0.459 e. The summed E-state index contributed by atoms with van der Waals surface area (Å²) in [6, 6.07) is 18.3. The molecule has 0 saturated carbocycles. The number of pyridine rings is 1. The van der Waals surface area contributed by atoms with Crippen LogP contribution in [0.3, 0.4) is 0 Å². The molecule has 0 spiro atoms. The standard InChI is InChI=1S/C26H23ClN6O3/c27-22-13-23-25(32-26(30-23)36-21-10-9-20(14-34)35-15-21)31-24(22)18-3-1-16(2-4-18)17-5-7-19(8-6-17)33-28-11-12-29-33/h1-8,11-13,20-21,34H,9-10,14-15H2,(H,30,31,32)/t20-,21+/m0/s1. The monoisotopic (exact) mass is 502 g/mol. The van der Waals surface area contributed by atoms with E-state index in [9.17, 15) is 5.11 Å². The predicted octanol–water partition coefficient (Wildman–Crippen LogP) is 4.44. The van der Waals surface area contributed by atoms with E-state index in [0.29, 0.717) is 34.5 Å². The molecular formula is C26H23ClN6O3. The molecule has 0 aliphatic carbocycles. The van der Waals surface area contributed by atoms with E-state index in [1.54, 1.807) is 17.2 Å². The highest BCUT2D eigenvalue weighted by Gasteiger charge is 2.23. The Morgan fingerprint density at radius 2 is 1.67 bits per heavy atom. The summed E-state index contributed by atoms with van der Waals surface area (Å²) in [7, 11) is 0. The Labute approximate surface area is 211 Å². The van der Waals surface area contributed by atoms with Crippen molar-refractivity contribution in [3.63, 3.8) is 0 Å². The third-order valence-electron chi connectivity index (χ3n) is 6.22. The molecule has 4 heterocycles. The highest BCUT2D eigenvalue weighted by Crippen LogP contribution is 2.31. The van der Waals surface area contributed by atoms with Crippen molar-refractivity contribution >= 4 is 22.8 Å². The quantitative estimate of drug-likeness (QED) is 0.353. The van der Waals surface area contributed by atoms with Crippen LogP contribution in [0.4, 0.5) is 0 Å². The van der Waals surface area contributed by atoms with E-state index in [1.165, 1.54) is 0 Å². The van der Waals surface area contributed by atoms with Gasteiger partial charge in [0.05, 0.1) is 53.6 Å². The van der Waals surface area contributed by atoms with Crippen LogP contribution >= 0.6 is 11.6 Å². The first kappa shape index (κ1) is 22.7. The Bertz CT molecular complexity index is 1460. The molecular weight excluding hydrogens is 480 g/mol. The lowest BCUT2D eigenvalue weighted by Crippen LogP contribution is -2.35. The van der Waals surface area contributed by atoms with Gasteiger partial charge in [-0.2, -0.15) is 20.0 Å². The number of aromatic amines is 1. The number of nitrogens with zero attached hydrogens (tertiary/aromatic N) is 5. The molecule has 6 rings (SSSR count). The van der Waals surface area contributed by atoms with Crippen molar-refractivity contribution in [1.82, 2.24) is 29.9 Å². The lowest BCUT2D eigenvalue weighted by molar-refractivity contribution is -0.0672. The molecule has 0 amide bonds. The molecule has 1 saturated heterocycles. The maximum absolute atomic E-state index is 9.21. The summed E-state index contributed by atoms with van der Waals surface area (Å²) in [4.78, 5) is 13.9. The molecule has 1 aliphatic rings. The molecule has 2 atom stereocenters. The zero-order valence-electron chi connectivity index (χ0n) is 19.2. The van der Waals surface area contributed by atoms with Crippen molar-refractivity contribution in [3.05, 3.63) is 72.0 Å². The van der Waals surface area contributed by atoms with Gasteiger partial charge in [-0.15, -0.1) is 0 Å². The molecule has 1 fully saturated rings. The number of rotatable bonds is 6. The Hall–Kier alpha value is -3.79. The summed E-state index contributed by atoms with van der Waals surface area (Å²) >= 11 is 6.59. The van der Waals surface area contributed by atoms with Crippen LogP contribution in [0.1, 0.15) is 12.8 Å². The maximum atomic E-state index is 9.21. The fourth-order valence-electron chi connectivity index (χ4n) is 4.29. The number of H-pyrrole nitrogens is 1. The SMILES string of the molecule is OC[C@@H]1CC[C@@H](Oc2nc3nc(-c4ccc(-c5ccc(-n6nccn6)cc5)cc4)c(Cl)cc3[nH]2)CO1. The number of hydrogen-bond acceptors (Lipinski definition) is 7. The van der Waals surface area contributed by atoms with Gasteiger partial charge in [-0.05, 0) is 42.2 Å². The van der Waals surface area contributed by atoms with Gasteiger partial charge in [0.25, 0.3) is 6.01 Å². The number of aliphatic hydroxyl groups excluding tert-OH is 1. The topological polar surface area (TPSA) is 111 Å². The molecule has 10 heteroatoms. The van der Waals surface area contributed by atoms with Gasteiger partial charge < -0.3 is 19.6 Å². The van der Waals surface area contributed by atoms with Gasteiger partial charge in [-0.1, -0.05) is 48.0 Å². The fourth-order valence-corrected chi connectivity index (χ4v) is 4.55. The Balaban J connectivity index is 1.20. The summed E-state index contributed by atoms with van der Waals surface area (Å²) in [6.07, 6.45) is 4.60. The van der Waals surface area contributed by atoms with Gasteiger partial charge in [0.15, 0.2) is 5.65 Å². The third-order valence-corrected chi connectivity index (χ3v) is 6.51. The van der Waals surface area contributed by atoms with Crippen molar-refractivity contribution in [2.75, 3.05) is 13.2 Å². The van der Waals surface area contributed by atoms with E-state index in [-0.39, 0.29) is 18.8 Å². The van der Waals surface area contributed by atoms with Crippen LogP contribution in [0.2, 0.25) is 5.02 Å². The molecule has 36 heavy (non-hydrogen) atoms. The number of benzene rings is 2. The van der Waals surface area contributed by atoms with Crippen LogP contribution < -0.4 is 4.74 Å². The zero-order chi connectivity index (χ0) is 24.5. The van der Waals surface area contributed by atoms with Crippen molar-refractivity contribution in [1.29, 1.82) is 0 Å². The third kappa shape index (κ3) is 4.56. The number of fused-ring (bicyclic) bond motifs is 1. The highest BCUT2D eigenvalue weighted by atomic mass is 35.5. The average molecular weight is 503 g/mol. The zero-order valence-corrected chi connectivity index (χ0v) is 20.0. The van der Waals surface area contributed by atoms with Crippen LogP contribution in [0.15, 0.2) is 67.0 Å². The molecule has 2 aromatic carbocycles. The minimum absolute atomic E-state index is 0.0274. The average Bonchev–Trinajstić information content (AvgIpc) is 3.59. The van der Waals surface area contributed by atoms with Gasteiger partial charge in [-0.3, -0.25) is 0 Å². The summed E-state index contributed by atoms with van der Waals surface area (Å²) < 4.78 is 11.5. The number of nitrogens with one attached hydrogen (secondary N) is 1. The first-order valence-electron chi connectivity index (χ1n) is 11.7. The van der Waals surface area contributed by atoms with E-state index < -0.39 is 0 Å².